The summed E-state index contributed by atoms with van der Waals surface area (Å²) < 4.78 is 28.8. The van der Waals surface area contributed by atoms with Gasteiger partial charge >= 0.3 is 0 Å². The molecule has 2 aliphatic rings. The maximum absolute atomic E-state index is 13.1. The lowest BCUT2D eigenvalue weighted by molar-refractivity contribution is -0.0215. The Labute approximate surface area is 164 Å². The van der Waals surface area contributed by atoms with Crippen LogP contribution in [0.2, 0.25) is 0 Å². The van der Waals surface area contributed by atoms with Gasteiger partial charge in [0.2, 0.25) is 0 Å². The summed E-state index contributed by atoms with van der Waals surface area (Å²) in [6, 6.07) is 7.27. The summed E-state index contributed by atoms with van der Waals surface area (Å²) in [5, 5.41) is 11.7. The highest BCUT2D eigenvalue weighted by molar-refractivity contribution is 7.86. The van der Waals surface area contributed by atoms with Crippen molar-refractivity contribution in [3.05, 3.63) is 40.4 Å². The van der Waals surface area contributed by atoms with Gasteiger partial charge in [0.15, 0.2) is 0 Å². The Bertz CT molecular complexity index is 1050. The third-order valence-corrected chi connectivity index (χ3v) is 7.67. The molecule has 2 heterocycles. The molecule has 1 aromatic heterocycles. The molecule has 1 aliphatic heterocycles. The van der Waals surface area contributed by atoms with Crippen molar-refractivity contribution in [1.82, 2.24) is 18.2 Å². The maximum atomic E-state index is 13.1. The van der Waals surface area contributed by atoms with Gasteiger partial charge in [-0.3, -0.25) is 9.36 Å². The lowest BCUT2D eigenvalue weighted by Crippen LogP contribution is -2.52. The lowest BCUT2D eigenvalue weighted by Gasteiger charge is -2.38. The largest absolute Gasteiger partial charge is 0.388 e. The van der Waals surface area contributed by atoms with Crippen molar-refractivity contribution < 1.29 is 13.5 Å². The van der Waals surface area contributed by atoms with Crippen LogP contribution in [0.1, 0.15) is 37.4 Å². The molecular weight excluding hydrogens is 380 g/mol. The molecule has 4 rings (SSSR count). The number of aliphatic hydroxyl groups is 1. The molecular formula is C19H26N4O4S. The van der Waals surface area contributed by atoms with Gasteiger partial charge in [0.05, 0.1) is 23.0 Å². The van der Waals surface area contributed by atoms with Gasteiger partial charge in [0.25, 0.3) is 15.8 Å². The average Bonchev–Trinajstić information content (AvgIpc) is 3.49. The van der Waals surface area contributed by atoms with Gasteiger partial charge in [-0.25, -0.2) is 4.98 Å². The zero-order valence-electron chi connectivity index (χ0n) is 16.2. The Hall–Kier alpha value is -1.81. The molecule has 8 nitrogen and oxygen atoms in total. The normalized spacial score (nSPS) is 20.7. The molecule has 0 spiro atoms. The van der Waals surface area contributed by atoms with Crippen LogP contribution in [0.5, 0.6) is 0 Å². The fourth-order valence-electron chi connectivity index (χ4n) is 3.81. The molecule has 2 fully saturated rings. The monoisotopic (exact) mass is 406 g/mol. The second-order valence-corrected chi connectivity index (χ2v) is 10.2. The minimum absolute atomic E-state index is 0.135. The van der Waals surface area contributed by atoms with Crippen LogP contribution in [-0.4, -0.2) is 64.5 Å². The van der Waals surface area contributed by atoms with Crippen LogP contribution in [0.3, 0.4) is 0 Å². The lowest BCUT2D eigenvalue weighted by atomic mass is 9.92. The number of rotatable bonds is 5. The van der Waals surface area contributed by atoms with E-state index in [-0.39, 0.29) is 44.0 Å². The summed E-state index contributed by atoms with van der Waals surface area (Å²) in [6.07, 6.45) is 2.56. The van der Waals surface area contributed by atoms with Crippen LogP contribution in [0.4, 0.5) is 0 Å². The highest BCUT2D eigenvalue weighted by Gasteiger charge is 2.39. The second-order valence-electron chi connectivity index (χ2n) is 8.07. The molecule has 0 radical (unpaired) electrons. The molecule has 0 bridgehead atoms. The standard InChI is InChI=1S/C19H26N4O4S/c1-21(2)28(26,27)22-11-9-19(25,10-12-22)13-23-17(14-7-8-14)20-16-6-4-3-5-15(16)18(23)24/h3-6,14,25H,7-13H2,1-2H3. The minimum Gasteiger partial charge on any atom is -0.388 e. The Balaban J connectivity index is 1.63. The SMILES string of the molecule is CN(C)S(=O)(=O)N1CCC(O)(Cn2c(C3CC3)nc3ccccc3c2=O)CC1. The first-order valence-corrected chi connectivity index (χ1v) is 11.0. The highest BCUT2D eigenvalue weighted by Crippen LogP contribution is 2.39. The zero-order valence-corrected chi connectivity index (χ0v) is 17.0. The molecule has 152 valence electrons. The van der Waals surface area contributed by atoms with Gasteiger partial charge in [-0.15, -0.1) is 0 Å². The van der Waals surface area contributed by atoms with E-state index in [4.69, 9.17) is 4.98 Å². The van der Waals surface area contributed by atoms with Crippen molar-refractivity contribution in [1.29, 1.82) is 0 Å². The highest BCUT2D eigenvalue weighted by atomic mass is 32.2. The van der Waals surface area contributed by atoms with Crippen molar-refractivity contribution in [2.45, 2.75) is 43.7 Å². The fourth-order valence-corrected chi connectivity index (χ4v) is 4.91. The number of piperidine rings is 1. The van der Waals surface area contributed by atoms with Gasteiger partial charge in [0.1, 0.15) is 5.82 Å². The van der Waals surface area contributed by atoms with Crippen molar-refractivity contribution in [2.75, 3.05) is 27.2 Å². The number of para-hydroxylation sites is 1. The summed E-state index contributed by atoms with van der Waals surface area (Å²) in [4.78, 5) is 17.8. The Morgan fingerprint density at radius 2 is 1.86 bits per heavy atom. The number of aromatic nitrogens is 2. The second kappa shape index (κ2) is 6.91. The summed E-state index contributed by atoms with van der Waals surface area (Å²) >= 11 is 0. The van der Waals surface area contributed by atoms with E-state index >= 15 is 0 Å². The third kappa shape index (κ3) is 3.47. The van der Waals surface area contributed by atoms with E-state index in [2.05, 4.69) is 0 Å². The van der Waals surface area contributed by atoms with Crippen LogP contribution in [0.15, 0.2) is 29.1 Å². The van der Waals surface area contributed by atoms with Gasteiger partial charge < -0.3 is 5.11 Å². The maximum Gasteiger partial charge on any atom is 0.281 e. The quantitative estimate of drug-likeness (QED) is 0.796. The van der Waals surface area contributed by atoms with Gasteiger partial charge in [-0.05, 0) is 37.8 Å². The first kappa shape index (κ1) is 19.5. The molecule has 1 N–H and O–H groups in total. The predicted octanol–water partition coefficient (Wildman–Crippen LogP) is 0.907. The molecule has 0 unspecified atom stereocenters. The molecule has 2 aromatic rings. The molecule has 0 atom stereocenters. The van der Waals surface area contributed by atoms with Crippen molar-refractivity contribution in [3.63, 3.8) is 0 Å². The number of hydrogen-bond donors (Lipinski definition) is 1. The first-order chi connectivity index (χ1) is 13.2. The van der Waals surface area contributed by atoms with E-state index < -0.39 is 15.8 Å². The van der Waals surface area contributed by atoms with Crippen LogP contribution in [0.25, 0.3) is 10.9 Å². The van der Waals surface area contributed by atoms with Gasteiger partial charge in [-0.2, -0.15) is 17.0 Å². The van der Waals surface area contributed by atoms with Gasteiger partial charge in [-0.1, -0.05) is 12.1 Å². The zero-order chi connectivity index (χ0) is 20.1. The predicted molar refractivity (Wildman–Crippen MR) is 106 cm³/mol. The van der Waals surface area contributed by atoms with E-state index in [0.717, 1.165) is 18.7 Å². The number of hydrogen-bond acceptors (Lipinski definition) is 5. The molecule has 9 heteroatoms. The smallest absolute Gasteiger partial charge is 0.281 e. The van der Waals surface area contributed by atoms with E-state index in [1.807, 2.05) is 18.2 Å². The van der Waals surface area contributed by atoms with Gasteiger partial charge in [0, 0.05) is 33.1 Å². The number of benzene rings is 1. The summed E-state index contributed by atoms with van der Waals surface area (Å²) in [7, 11) is -0.500. The Morgan fingerprint density at radius 3 is 2.46 bits per heavy atom. The van der Waals surface area contributed by atoms with E-state index in [0.29, 0.717) is 10.9 Å². The average molecular weight is 407 g/mol. The van der Waals surface area contributed by atoms with E-state index in [1.54, 1.807) is 10.6 Å². The molecule has 0 amide bonds. The summed E-state index contributed by atoms with van der Waals surface area (Å²) in [5.74, 6) is 0.996. The Kier molecular flexibility index (Phi) is 4.81. The van der Waals surface area contributed by atoms with Crippen LogP contribution < -0.4 is 5.56 Å². The first-order valence-electron chi connectivity index (χ1n) is 9.61. The van der Waals surface area contributed by atoms with Crippen LogP contribution in [0, 0.1) is 0 Å². The fraction of sp³-hybridized carbons (Fsp3) is 0.579. The molecule has 1 saturated heterocycles. The molecule has 28 heavy (non-hydrogen) atoms. The summed E-state index contributed by atoms with van der Waals surface area (Å²) in [5.41, 5.74) is -0.579. The van der Waals surface area contributed by atoms with Crippen molar-refractivity contribution >= 4 is 21.1 Å². The number of nitrogens with zero attached hydrogens (tertiary/aromatic N) is 4. The van der Waals surface area contributed by atoms with Crippen LogP contribution >= 0.6 is 0 Å². The summed E-state index contributed by atoms with van der Waals surface area (Å²) in [6.45, 7) is 0.600. The van der Waals surface area contributed by atoms with Crippen molar-refractivity contribution in [3.8, 4) is 0 Å². The molecule has 1 saturated carbocycles. The van der Waals surface area contributed by atoms with Crippen LogP contribution in [-0.2, 0) is 16.8 Å². The molecule has 1 aromatic carbocycles. The molecule has 1 aliphatic carbocycles. The Morgan fingerprint density at radius 1 is 1.21 bits per heavy atom. The van der Waals surface area contributed by atoms with E-state index in [9.17, 15) is 18.3 Å². The van der Waals surface area contributed by atoms with E-state index in [1.165, 1.54) is 22.7 Å². The minimum atomic E-state index is -3.50. The topological polar surface area (TPSA) is 95.7 Å². The van der Waals surface area contributed by atoms with Crippen molar-refractivity contribution in [2.24, 2.45) is 0 Å². The third-order valence-electron chi connectivity index (χ3n) is 5.73. The number of fused-ring (bicyclic) bond motifs is 1.